The number of sulfonamides is 1. The monoisotopic (exact) mass is 595 g/mol. The van der Waals surface area contributed by atoms with E-state index in [0.717, 1.165) is 30.2 Å². The summed E-state index contributed by atoms with van der Waals surface area (Å²) in [5, 5.41) is 3.02. The zero-order valence-electron chi connectivity index (χ0n) is 24.9. The predicted molar refractivity (Wildman–Crippen MR) is 166 cm³/mol. The van der Waals surface area contributed by atoms with Gasteiger partial charge in [-0.15, -0.1) is 0 Å². The lowest BCUT2D eigenvalue weighted by molar-refractivity contribution is -0.141. The van der Waals surface area contributed by atoms with Crippen molar-refractivity contribution in [2.45, 2.75) is 71.5 Å². The van der Waals surface area contributed by atoms with Crippen LogP contribution in [0.2, 0.25) is 0 Å². The summed E-state index contributed by atoms with van der Waals surface area (Å²) in [6, 6.07) is 21.8. The van der Waals surface area contributed by atoms with Gasteiger partial charge in [-0.3, -0.25) is 13.9 Å². The molecular formula is C33H42FN3O4S. The van der Waals surface area contributed by atoms with E-state index in [1.165, 1.54) is 16.4 Å². The smallest absolute Gasteiger partial charge is 0.243 e. The van der Waals surface area contributed by atoms with Crippen molar-refractivity contribution < 1.29 is 22.4 Å². The molecule has 1 N–H and O–H groups in total. The Labute approximate surface area is 249 Å². The Kier molecular flexibility index (Phi) is 12.1. The molecule has 0 heterocycles. The number of nitrogens with zero attached hydrogens (tertiary/aromatic N) is 2. The van der Waals surface area contributed by atoms with Crippen LogP contribution >= 0.6 is 0 Å². The van der Waals surface area contributed by atoms with Crippen molar-refractivity contribution in [3.8, 4) is 0 Å². The summed E-state index contributed by atoms with van der Waals surface area (Å²) >= 11 is 0. The number of carbonyl (C=O) groups is 2. The average molecular weight is 596 g/mol. The van der Waals surface area contributed by atoms with Gasteiger partial charge in [0.15, 0.2) is 0 Å². The van der Waals surface area contributed by atoms with Gasteiger partial charge in [0.25, 0.3) is 0 Å². The molecule has 2 amide bonds. The number of hydrogen-bond acceptors (Lipinski definition) is 4. The SMILES string of the molecule is CCc1ccc(N(CCCC(=O)N(Cc2ccc(F)cc2)[C@H](Cc2ccccc2)C(=O)N[C@@H](C)CC)S(C)(=O)=O)cc1. The standard InChI is InChI=1S/C33H42FN3O4S/c1-5-25(3)35-33(39)31(23-27-11-8-7-9-12-27)36(24-28-14-18-29(34)19-15-28)32(38)13-10-22-37(42(4,40)41)30-20-16-26(6-2)17-21-30/h7-9,11-12,14-21,25,31H,5-6,10,13,22-24H2,1-4H3,(H,35,39)/t25-,31+/m0/s1. The molecule has 3 aromatic rings. The zero-order valence-corrected chi connectivity index (χ0v) is 25.7. The zero-order chi connectivity index (χ0) is 30.7. The number of rotatable bonds is 15. The highest BCUT2D eigenvalue weighted by molar-refractivity contribution is 7.92. The Morgan fingerprint density at radius 2 is 1.50 bits per heavy atom. The first-order chi connectivity index (χ1) is 20.0. The maximum absolute atomic E-state index is 13.9. The molecule has 0 bridgehead atoms. The van der Waals surface area contributed by atoms with Crippen LogP contribution in [0.4, 0.5) is 10.1 Å². The fraction of sp³-hybridized carbons (Fsp3) is 0.394. The van der Waals surface area contributed by atoms with Gasteiger partial charge < -0.3 is 10.2 Å². The lowest BCUT2D eigenvalue weighted by atomic mass is 10.0. The Bertz CT molecular complexity index is 1400. The number of aryl methyl sites for hydroxylation is 1. The van der Waals surface area contributed by atoms with Crippen molar-refractivity contribution in [3.05, 3.63) is 101 Å². The van der Waals surface area contributed by atoms with E-state index >= 15 is 0 Å². The highest BCUT2D eigenvalue weighted by atomic mass is 32.2. The van der Waals surface area contributed by atoms with Crippen molar-refractivity contribution in [3.63, 3.8) is 0 Å². The molecule has 0 aromatic heterocycles. The van der Waals surface area contributed by atoms with E-state index in [4.69, 9.17) is 0 Å². The van der Waals surface area contributed by atoms with Crippen molar-refractivity contribution in [1.82, 2.24) is 10.2 Å². The summed E-state index contributed by atoms with van der Waals surface area (Å²) in [5.41, 5.74) is 3.23. The molecule has 0 fully saturated rings. The first kappa shape index (κ1) is 32.8. The summed E-state index contributed by atoms with van der Waals surface area (Å²) in [6.07, 6.45) is 3.31. The average Bonchev–Trinajstić information content (AvgIpc) is 2.97. The molecule has 3 aromatic carbocycles. The number of halogens is 1. The van der Waals surface area contributed by atoms with Gasteiger partial charge in [0.2, 0.25) is 21.8 Å². The van der Waals surface area contributed by atoms with E-state index in [-0.39, 0.29) is 49.6 Å². The molecule has 226 valence electrons. The predicted octanol–water partition coefficient (Wildman–Crippen LogP) is 5.49. The number of carbonyl (C=O) groups excluding carboxylic acids is 2. The Balaban J connectivity index is 1.87. The minimum absolute atomic E-state index is 0.0299. The molecule has 0 radical (unpaired) electrons. The first-order valence-electron chi connectivity index (χ1n) is 14.5. The highest BCUT2D eigenvalue weighted by Crippen LogP contribution is 2.21. The Morgan fingerprint density at radius 3 is 2.07 bits per heavy atom. The van der Waals surface area contributed by atoms with Gasteiger partial charge in [-0.1, -0.05) is 68.4 Å². The van der Waals surface area contributed by atoms with E-state index in [1.807, 2.05) is 63.2 Å². The molecule has 0 aliphatic rings. The second-order valence-corrected chi connectivity index (χ2v) is 12.5. The van der Waals surface area contributed by atoms with E-state index in [2.05, 4.69) is 5.32 Å². The third kappa shape index (κ3) is 9.69. The lowest BCUT2D eigenvalue weighted by Crippen LogP contribution is -2.52. The van der Waals surface area contributed by atoms with Gasteiger partial charge in [-0.2, -0.15) is 0 Å². The summed E-state index contributed by atoms with van der Waals surface area (Å²) < 4.78 is 40.3. The number of amides is 2. The van der Waals surface area contributed by atoms with Crippen molar-refractivity contribution >= 4 is 27.5 Å². The second kappa shape index (κ2) is 15.5. The van der Waals surface area contributed by atoms with Gasteiger partial charge in [0.1, 0.15) is 11.9 Å². The van der Waals surface area contributed by atoms with E-state index in [1.54, 1.807) is 29.2 Å². The molecule has 0 unspecified atom stereocenters. The van der Waals surface area contributed by atoms with Crippen LogP contribution in [0, 0.1) is 5.82 Å². The van der Waals surface area contributed by atoms with Gasteiger partial charge >= 0.3 is 0 Å². The van der Waals surface area contributed by atoms with Crippen molar-refractivity contribution in [1.29, 1.82) is 0 Å². The van der Waals surface area contributed by atoms with Gasteiger partial charge in [-0.05, 0) is 67.1 Å². The van der Waals surface area contributed by atoms with Crippen molar-refractivity contribution in [2.24, 2.45) is 0 Å². The number of nitrogens with one attached hydrogen (secondary N) is 1. The summed E-state index contributed by atoms with van der Waals surface area (Å²) in [4.78, 5) is 29.0. The minimum Gasteiger partial charge on any atom is -0.352 e. The molecular weight excluding hydrogens is 553 g/mol. The molecule has 9 heteroatoms. The topological polar surface area (TPSA) is 86.8 Å². The van der Waals surface area contributed by atoms with Gasteiger partial charge in [0, 0.05) is 32.0 Å². The molecule has 3 rings (SSSR count). The maximum Gasteiger partial charge on any atom is 0.243 e. The van der Waals surface area contributed by atoms with Crippen LogP contribution < -0.4 is 9.62 Å². The highest BCUT2D eigenvalue weighted by Gasteiger charge is 2.31. The molecule has 0 aliphatic heterocycles. The van der Waals surface area contributed by atoms with Gasteiger partial charge in [-0.25, -0.2) is 12.8 Å². The van der Waals surface area contributed by atoms with Crippen molar-refractivity contribution in [2.75, 3.05) is 17.1 Å². The fourth-order valence-corrected chi connectivity index (χ4v) is 5.65. The van der Waals surface area contributed by atoms with Crippen LogP contribution in [0.1, 0.15) is 56.7 Å². The van der Waals surface area contributed by atoms with E-state index in [0.29, 0.717) is 17.7 Å². The molecule has 0 aliphatic carbocycles. The summed E-state index contributed by atoms with van der Waals surface area (Å²) in [5.74, 6) is -0.938. The van der Waals surface area contributed by atoms with Crippen LogP contribution in [0.5, 0.6) is 0 Å². The summed E-state index contributed by atoms with van der Waals surface area (Å²) in [6.45, 7) is 6.14. The third-order valence-electron chi connectivity index (χ3n) is 7.32. The van der Waals surface area contributed by atoms with E-state index in [9.17, 15) is 22.4 Å². The second-order valence-electron chi connectivity index (χ2n) is 10.6. The molecule has 0 saturated carbocycles. The third-order valence-corrected chi connectivity index (χ3v) is 8.52. The molecule has 42 heavy (non-hydrogen) atoms. The molecule has 7 nitrogen and oxygen atoms in total. The van der Waals surface area contributed by atoms with E-state index < -0.39 is 16.1 Å². The normalized spacial score (nSPS) is 12.8. The number of hydrogen-bond donors (Lipinski definition) is 1. The van der Waals surface area contributed by atoms with Crippen LogP contribution in [0.3, 0.4) is 0 Å². The van der Waals surface area contributed by atoms with Crippen LogP contribution in [-0.2, 0) is 39.0 Å². The lowest BCUT2D eigenvalue weighted by Gasteiger charge is -2.32. The Hall–Kier alpha value is -3.72. The fourth-order valence-electron chi connectivity index (χ4n) is 4.68. The Morgan fingerprint density at radius 1 is 0.881 bits per heavy atom. The van der Waals surface area contributed by atoms with Crippen LogP contribution in [0.15, 0.2) is 78.9 Å². The summed E-state index contributed by atoms with van der Waals surface area (Å²) in [7, 11) is -3.59. The molecule has 2 atom stereocenters. The minimum atomic E-state index is -3.59. The molecule has 0 spiro atoms. The first-order valence-corrected chi connectivity index (χ1v) is 16.3. The molecule has 0 saturated heterocycles. The number of benzene rings is 3. The maximum atomic E-state index is 13.9. The van der Waals surface area contributed by atoms with Crippen LogP contribution in [-0.4, -0.2) is 50.0 Å². The number of anilines is 1. The van der Waals surface area contributed by atoms with Crippen LogP contribution in [0.25, 0.3) is 0 Å². The largest absolute Gasteiger partial charge is 0.352 e. The quantitative estimate of drug-likeness (QED) is 0.252. The van der Waals surface area contributed by atoms with Gasteiger partial charge in [0.05, 0.1) is 11.9 Å².